The first kappa shape index (κ1) is 14.4. The van der Waals surface area contributed by atoms with E-state index in [0.717, 1.165) is 29.5 Å². The Morgan fingerprint density at radius 2 is 2.33 bits per heavy atom. The number of aromatic nitrogens is 1. The van der Waals surface area contributed by atoms with Crippen LogP contribution in [-0.4, -0.2) is 30.5 Å². The molecule has 0 aliphatic carbocycles. The molecule has 0 fully saturated rings. The highest BCUT2D eigenvalue weighted by Crippen LogP contribution is 2.18. The fraction of sp³-hybridized carbons (Fsp3) is 0.545. The Kier molecular flexibility index (Phi) is 6.08. The van der Waals surface area contributed by atoms with Crippen molar-refractivity contribution in [3.63, 3.8) is 0 Å². The van der Waals surface area contributed by atoms with Crippen LogP contribution in [0.1, 0.15) is 17.0 Å². The number of thioether (sulfide) groups is 1. The molecule has 0 atom stereocenters. The molecule has 0 bridgehead atoms. The van der Waals surface area contributed by atoms with Gasteiger partial charge in [-0.1, -0.05) is 5.16 Å². The van der Waals surface area contributed by atoms with Crippen LogP contribution in [0, 0.1) is 25.3 Å². The van der Waals surface area contributed by atoms with Crippen molar-refractivity contribution in [1.29, 1.82) is 5.26 Å². The SMILES string of the molecule is CN=C(NC#N)NCCSCc1c(C)noc1C. The molecule has 6 nitrogen and oxygen atoms in total. The molecule has 1 aromatic heterocycles. The Morgan fingerprint density at radius 1 is 1.56 bits per heavy atom. The van der Waals surface area contributed by atoms with Crippen LogP contribution in [-0.2, 0) is 5.75 Å². The molecule has 98 valence electrons. The zero-order valence-corrected chi connectivity index (χ0v) is 11.6. The Bertz CT molecular complexity index is 429. The summed E-state index contributed by atoms with van der Waals surface area (Å²) < 4.78 is 5.10. The molecule has 0 spiro atoms. The second-order valence-corrected chi connectivity index (χ2v) is 4.70. The average molecular weight is 267 g/mol. The first-order valence-electron chi connectivity index (χ1n) is 5.54. The van der Waals surface area contributed by atoms with Crippen LogP contribution in [0.3, 0.4) is 0 Å². The summed E-state index contributed by atoms with van der Waals surface area (Å²) in [7, 11) is 1.63. The highest BCUT2D eigenvalue weighted by molar-refractivity contribution is 7.98. The van der Waals surface area contributed by atoms with Crippen molar-refractivity contribution in [1.82, 2.24) is 15.8 Å². The molecule has 0 aromatic carbocycles. The maximum Gasteiger partial charge on any atom is 0.204 e. The van der Waals surface area contributed by atoms with E-state index in [1.165, 1.54) is 5.56 Å². The fourth-order valence-corrected chi connectivity index (χ4v) is 2.36. The van der Waals surface area contributed by atoms with E-state index in [2.05, 4.69) is 20.8 Å². The fourth-order valence-electron chi connectivity index (χ4n) is 1.36. The summed E-state index contributed by atoms with van der Waals surface area (Å²) in [5, 5.41) is 17.9. The van der Waals surface area contributed by atoms with Crippen molar-refractivity contribution >= 4 is 17.7 Å². The number of rotatable bonds is 5. The van der Waals surface area contributed by atoms with Crippen molar-refractivity contribution in [3.8, 4) is 6.19 Å². The molecule has 1 heterocycles. The van der Waals surface area contributed by atoms with Crippen LogP contribution in [0.5, 0.6) is 0 Å². The monoisotopic (exact) mass is 267 g/mol. The van der Waals surface area contributed by atoms with Crippen LogP contribution >= 0.6 is 11.8 Å². The number of aliphatic imine (C=N–C) groups is 1. The van der Waals surface area contributed by atoms with Gasteiger partial charge in [-0.15, -0.1) is 0 Å². The Labute approximate surface area is 111 Å². The molecule has 0 aliphatic heterocycles. The van der Waals surface area contributed by atoms with Crippen molar-refractivity contribution in [3.05, 3.63) is 17.0 Å². The molecular formula is C11H17N5OS. The lowest BCUT2D eigenvalue weighted by atomic mass is 10.2. The lowest BCUT2D eigenvalue weighted by Crippen LogP contribution is -2.35. The standard InChI is InChI=1S/C11H17N5OS/c1-8-10(9(2)17-16-8)6-18-5-4-14-11(13-3)15-7-12/h4-6H2,1-3H3,(H2,13,14,15). The minimum Gasteiger partial charge on any atom is -0.361 e. The first-order valence-corrected chi connectivity index (χ1v) is 6.69. The third kappa shape index (κ3) is 4.30. The molecule has 1 rings (SSSR count). The number of hydrogen-bond acceptors (Lipinski definition) is 5. The maximum absolute atomic E-state index is 8.45. The Morgan fingerprint density at radius 3 is 2.89 bits per heavy atom. The second-order valence-electron chi connectivity index (χ2n) is 3.59. The number of aryl methyl sites for hydroxylation is 2. The molecule has 0 saturated carbocycles. The summed E-state index contributed by atoms with van der Waals surface area (Å²) in [6.07, 6.45) is 1.83. The van der Waals surface area contributed by atoms with Gasteiger partial charge in [-0.3, -0.25) is 10.3 Å². The number of guanidine groups is 1. The number of nitriles is 1. The summed E-state index contributed by atoms with van der Waals surface area (Å²) in [5.74, 6) is 3.17. The molecule has 0 unspecified atom stereocenters. The van der Waals surface area contributed by atoms with Crippen molar-refractivity contribution in [2.45, 2.75) is 19.6 Å². The summed E-state index contributed by atoms with van der Waals surface area (Å²) in [6, 6.07) is 0. The number of nitrogens with one attached hydrogen (secondary N) is 2. The van der Waals surface area contributed by atoms with Crippen molar-refractivity contribution in [2.75, 3.05) is 19.3 Å². The van der Waals surface area contributed by atoms with Crippen LogP contribution in [0.4, 0.5) is 0 Å². The van der Waals surface area contributed by atoms with E-state index >= 15 is 0 Å². The molecule has 0 saturated heterocycles. The first-order chi connectivity index (χ1) is 8.69. The van der Waals surface area contributed by atoms with Gasteiger partial charge >= 0.3 is 0 Å². The van der Waals surface area contributed by atoms with E-state index in [4.69, 9.17) is 9.78 Å². The largest absolute Gasteiger partial charge is 0.361 e. The van der Waals surface area contributed by atoms with Gasteiger partial charge in [0.15, 0.2) is 6.19 Å². The van der Waals surface area contributed by atoms with E-state index in [1.54, 1.807) is 18.8 Å². The zero-order valence-electron chi connectivity index (χ0n) is 10.8. The van der Waals surface area contributed by atoms with Gasteiger partial charge in [0, 0.05) is 30.7 Å². The van der Waals surface area contributed by atoms with Crippen molar-refractivity contribution < 1.29 is 4.52 Å². The van der Waals surface area contributed by atoms with Crippen molar-refractivity contribution in [2.24, 2.45) is 4.99 Å². The smallest absolute Gasteiger partial charge is 0.204 e. The average Bonchev–Trinajstić information content (AvgIpc) is 2.68. The normalized spacial score (nSPS) is 11.1. The minimum atomic E-state index is 0.496. The van der Waals surface area contributed by atoms with Gasteiger partial charge in [0.2, 0.25) is 5.96 Å². The highest BCUT2D eigenvalue weighted by Gasteiger charge is 2.08. The third-order valence-corrected chi connectivity index (χ3v) is 3.35. The summed E-state index contributed by atoms with van der Waals surface area (Å²) in [5.41, 5.74) is 2.12. The maximum atomic E-state index is 8.45. The van der Waals surface area contributed by atoms with Gasteiger partial charge in [-0.25, -0.2) is 0 Å². The lowest BCUT2D eigenvalue weighted by molar-refractivity contribution is 0.392. The van der Waals surface area contributed by atoms with E-state index < -0.39 is 0 Å². The van der Waals surface area contributed by atoms with Crippen LogP contribution in [0.15, 0.2) is 9.52 Å². The molecular weight excluding hydrogens is 250 g/mol. The van der Waals surface area contributed by atoms with Crippen LogP contribution in [0.2, 0.25) is 0 Å². The number of nitrogens with zero attached hydrogens (tertiary/aromatic N) is 3. The minimum absolute atomic E-state index is 0.496. The zero-order chi connectivity index (χ0) is 13.4. The predicted octanol–water partition coefficient (Wildman–Crippen LogP) is 1.17. The molecule has 0 radical (unpaired) electrons. The van der Waals surface area contributed by atoms with Gasteiger partial charge in [0.25, 0.3) is 0 Å². The summed E-state index contributed by atoms with van der Waals surface area (Å²) in [4.78, 5) is 3.89. The quantitative estimate of drug-likeness (QED) is 0.274. The summed E-state index contributed by atoms with van der Waals surface area (Å²) in [6.45, 7) is 4.62. The Hall–Kier alpha value is -1.68. The van der Waals surface area contributed by atoms with Gasteiger partial charge in [-0.2, -0.15) is 17.0 Å². The lowest BCUT2D eigenvalue weighted by Gasteiger charge is -2.06. The van der Waals surface area contributed by atoms with Crippen LogP contribution < -0.4 is 10.6 Å². The number of hydrogen-bond donors (Lipinski definition) is 2. The molecule has 1 aromatic rings. The van der Waals surface area contributed by atoms with E-state index in [9.17, 15) is 0 Å². The van der Waals surface area contributed by atoms with E-state index in [0.29, 0.717) is 5.96 Å². The van der Waals surface area contributed by atoms with Gasteiger partial charge in [-0.05, 0) is 13.8 Å². The molecule has 7 heteroatoms. The topological polar surface area (TPSA) is 86.2 Å². The van der Waals surface area contributed by atoms with E-state index in [-0.39, 0.29) is 0 Å². The van der Waals surface area contributed by atoms with Gasteiger partial charge in [0.05, 0.1) is 5.69 Å². The van der Waals surface area contributed by atoms with E-state index in [1.807, 2.05) is 20.0 Å². The molecule has 2 N–H and O–H groups in total. The third-order valence-electron chi connectivity index (χ3n) is 2.36. The predicted molar refractivity (Wildman–Crippen MR) is 72.2 cm³/mol. The van der Waals surface area contributed by atoms with Gasteiger partial charge in [0.1, 0.15) is 5.76 Å². The van der Waals surface area contributed by atoms with Crippen LogP contribution in [0.25, 0.3) is 0 Å². The Balaban J connectivity index is 2.22. The second kappa shape index (κ2) is 7.61. The van der Waals surface area contributed by atoms with Gasteiger partial charge < -0.3 is 9.84 Å². The summed E-state index contributed by atoms with van der Waals surface area (Å²) >= 11 is 1.78. The molecule has 0 amide bonds. The highest BCUT2D eigenvalue weighted by atomic mass is 32.2. The molecule has 0 aliphatic rings. The molecule has 18 heavy (non-hydrogen) atoms.